The number of alkyl halides is 1. The maximum absolute atomic E-state index is 12.6. The molecular weight excluding hydrogens is 270 g/mol. The van der Waals surface area contributed by atoms with Crippen molar-refractivity contribution in [3.8, 4) is 0 Å². The van der Waals surface area contributed by atoms with Gasteiger partial charge >= 0.3 is 0 Å². The summed E-state index contributed by atoms with van der Waals surface area (Å²) >= 11 is 7.34. The van der Waals surface area contributed by atoms with Gasteiger partial charge in [0, 0.05) is 6.54 Å². The van der Waals surface area contributed by atoms with E-state index in [1.54, 1.807) is 0 Å². The minimum absolute atomic E-state index is 0.0446. The molecule has 1 aliphatic rings. The van der Waals surface area contributed by atoms with E-state index in [4.69, 9.17) is 16.3 Å². The molecule has 0 radical (unpaired) electrons. The standard InChI is InChI=1S/C13H18ClNO2S/c1-3-10-4-5-18-12(10)13(16)15-7-11(6-14)17-8-9(15)2/h4-5,9,11H,3,6-8H2,1-2H3. The lowest BCUT2D eigenvalue weighted by Crippen LogP contribution is -2.51. The third-order valence-electron chi connectivity index (χ3n) is 3.26. The summed E-state index contributed by atoms with van der Waals surface area (Å²) in [6, 6.07) is 2.14. The number of morpholine rings is 1. The molecule has 1 aromatic rings. The largest absolute Gasteiger partial charge is 0.373 e. The van der Waals surface area contributed by atoms with Crippen molar-refractivity contribution in [3.05, 3.63) is 21.9 Å². The number of amides is 1. The highest BCUT2D eigenvalue weighted by atomic mass is 35.5. The van der Waals surface area contributed by atoms with Crippen LogP contribution in [0, 0.1) is 0 Å². The SMILES string of the molecule is CCc1ccsc1C(=O)N1CC(CCl)OCC1C. The van der Waals surface area contributed by atoms with Gasteiger partial charge in [0.1, 0.15) is 0 Å². The molecule has 100 valence electrons. The smallest absolute Gasteiger partial charge is 0.264 e. The molecule has 1 aliphatic heterocycles. The number of hydrogen-bond donors (Lipinski definition) is 0. The molecule has 0 aromatic carbocycles. The molecule has 5 heteroatoms. The van der Waals surface area contributed by atoms with Crippen molar-refractivity contribution in [2.45, 2.75) is 32.4 Å². The number of halogens is 1. The first-order chi connectivity index (χ1) is 8.67. The summed E-state index contributed by atoms with van der Waals surface area (Å²) in [7, 11) is 0. The zero-order chi connectivity index (χ0) is 13.1. The highest BCUT2D eigenvalue weighted by molar-refractivity contribution is 7.12. The fraction of sp³-hybridized carbons (Fsp3) is 0.615. The Morgan fingerprint density at radius 2 is 2.44 bits per heavy atom. The van der Waals surface area contributed by atoms with Crippen LogP contribution in [0.25, 0.3) is 0 Å². The molecule has 2 heterocycles. The van der Waals surface area contributed by atoms with E-state index in [9.17, 15) is 4.79 Å². The van der Waals surface area contributed by atoms with Crippen molar-refractivity contribution in [1.29, 1.82) is 0 Å². The van der Waals surface area contributed by atoms with Crippen molar-refractivity contribution in [2.24, 2.45) is 0 Å². The lowest BCUT2D eigenvalue weighted by Gasteiger charge is -2.37. The average Bonchev–Trinajstić information content (AvgIpc) is 2.86. The molecule has 0 bridgehead atoms. The first-order valence-electron chi connectivity index (χ1n) is 6.22. The van der Waals surface area contributed by atoms with Gasteiger partial charge in [-0.05, 0) is 30.4 Å². The number of thiophene rings is 1. The van der Waals surface area contributed by atoms with Gasteiger partial charge in [-0.3, -0.25) is 4.79 Å². The van der Waals surface area contributed by atoms with Crippen LogP contribution in [0.2, 0.25) is 0 Å². The Hall–Kier alpha value is -0.580. The van der Waals surface area contributed by atoms with E-state index in [1.165, 1.54) is 11.3 Å². The van der Waals surface area contributed by atoms with Crippen molar-refractivity contribution in [3.63, 3.8) is 0 Å². The lowest BCUT2D eigenvalue weighted by molar-refractivity contribution is -0.0370. The van der Waals surface area contributed by atoms with Crippen LogP contribution in [-0.4, -0.2) is 42.0 Å². The summed E-state index contributed by atoms with van der Waals surface area (Å²) in [6.07, 6.45) is 0.847. The van der Waals surface area contributed by atoms with Gasteiger partial charge in [0.05, 0.1) is 29.5 Å². The number of ether oxygens (including phenoxy) is 1. The second-order valence-electron chi connectivity index (χ2n) is 4.54. The van der Waals surface area contributed by atoms with Gasteiger partial charge in [-0.1, -0.05) is 6.92 Å². The van der Waals surface area contributed by atoms with Crippen LogP contribution >= 0.6 is 22.9 Å². The number of rotatable bonds is 3. The molecule has 2 atom stereocenters. The Balaban J connectivity index is 2.16. The van der Waals surface area contributed by atoms with E-state index in [0.29, 0.717) is 19.0 Å². The summed E-state index contributed by atoms with van der Waals surface area (Å²) in [4.78, 5) is 15.3. The average molecular weight is 288 g/mol. The number of carbonyl (C=O) groups excluding carboxylic acids is 1. The topological polar surface area (TPSA) is 29.5 Å². The highest BCUT2D eigenvalue weighted by Gasteiger charge is 2.31. The number of carbonyl (C=O) groups is 1. The zero-order valence-electron chi connectivity index (χ0n) is 10.7. The van der Waals surface area contributed by atoms with E-state index in [2.05, 4.69) is 6.92 Å². The number of hydrogen-bond acceptors (Lipinski definition) is 3. The van der Waals surface area contributed by atoms with Crippen LogP contribution in [0.3, 0.4) is 0 Å². The second-order valence-corrected chi connectivity index (χ2v) is 5.77. The first kappa shape index (κ1) is 13.8. The van der Waals surface area contributed by atoms with Crippen molar-refractivity contribution in [1.82, 2.24) is 4.90 Å². The minimum Gasteiger partial charge on any atom is -0.373 e. The molecule has 2 rings (SSSR count). The van der Waals surface area contributed by atoms with Gasteiger partial charge < -0.3 is 9.64 Å². The molecule has 3 nitrogen and oxygen atoms in total. The molecule has 2 unspecified atom stereocenters. The fourth-order valence-corrected chi connectivity index (χ4v) is 3.26. The van der Waals surface area contributed by atoms with Gasteiger partial charge in [0.2, 0.25) is 0 Å². The quantitative estimate of drug-likeness (QED) is 0.800. The molecule has 0 N–H and O–H groups in total. The Kier molecular flexibility index (Phi) is 4.65. The van der Waals surface area contributed by atoms with Crippen molar-refractivity contribution in [2.75, 3.05) is 19.0 Å². The van der Waals surface area contributed by atoms with Gasteiger partial charge in [-0.15, -0.1) is 22.9 Å². The Bertz CT molecular complexity index is 421. The van der Waals surface area contributed by atoms with Gasteiger partial charge in [0.15, 0.2) is 0 Å². The highest BCUT2D eigenvalue weighted by Crippen LogP contribution is 2.23. The summed E-state index contributed by atoms with van der Waals surface area (Å²) in [5, 5.41) is 1.98. The number of nitrogens with zero attached hydrogens (tertiary/aromatic N) is 1. The maximum Gasteiger partial charge on any atom is 0.264 e. The molecule has 0 saturated carbocycles. The molecule has 1 amide bonds. The van der Waals surface area contributed by atoms with Crippen LogP contribution in [-0.2, 0) is 11.2 Å². The van der Waals surface area contributed by atoms with E-state index < -0.39 is 0 Å². The minimum atomic E-state index is -0.0446. The normalized spacial score (nSPS) is 24.3. The van der Waals surface area contributed by atoms with E-state index in [1.807, 2.05) is 23.3 Å². The molecule has 1 aromatic heterocycles. The predicted molar refractivity (Wildman–Crippen MR) is 74.7 cm³/mol. The van der Waals surface area contributed by atoms with Crippen LogP contribution < -0.4 is 0 Å². The fourth-order valence-electron chi connectivity index (χ4n) is 2.13. The molecule has 1 fully saturated rings. The Labute approximate surface area is 117 Å². The van der Waals surface area contributed by atoms with Gasteiger partial charge in [-0.25, -0.2) is 0 Å². The summed E-state index contributed by atoms with van der Waals surface area (Å²) in [6.45, 7) is 5.24. The van der Waals surface area contributed by atoms with E-state index >= 15 is 0 Å². The third kappa shape index (κ3) is 2.71. The Morgan fingerprint density at radius 1 is 1.67 bits per heavy atom. The van der Waals surface area contributed by atoms with Crippen molar-refractivity contribution < 1.29 is 9.53 Å². The molecule has 0 aliphatic carbocycles. The lowest BCUT2D eigenvalue weighted by atomic mass is 10.1. The molecule has 0 spiro atoms. The van der Waals surface area contributed by atoms with Crippen LogP contribution in [0.1, 0.15) is 29.1 Å². The van der Waals surface area contributed by atoms with Crippen LogP contribution in [0.5, 0.6) is 0 Å². The summed E-state index contributed by atoms with van der Waals surface area (Å²) in [5.41, 5.74) is 1.13. The van der Waals surface area contributed by atoms with Crippen LogP contribution in [0.4, 0.5) is 0 Å². The summed E-state index contributed by atoms with van der Waals surface area (Å²) in [5.74, 6) is 0.550. The molecular formula is C13H18ClNO2S. The summed E-state index contributed by atoms with van der Waals surface area (Å²) < 4.78 is 5.57. The van der Waals surface area contributed by atoms with Gasteiger partial charge in [-0.2, -0.15) is 0 Å². The molecule has 18 heavy (non-hydrogen) atoms. The van der Waals surface area contributed by atoms with Gasteiger partial charge in [0.25, 0.3) is 5.91 Å². The Morgan fingerprint density at radius 3 is 3.11 bits per heavy atom. The van der Waals surface area contributed by atoms with E-state index in [-0.39, 0.29) is 18.1 Å². The monoisotopic (exact) mass is 287 g/mol. The zero-order valence-corrected chi connectivity index (χ0v) is 12.3. The molecule has 1 saturated heterocycles. The predicted octanol–water partition coefficient (Wildman–Crippen LogP) is 2.78. The maximum atomic E-state index is 12.6. The van der Waals surface area contributed by atoms with Crippen molar-refractivity contribution >= 4 is 28.8 Å². The first-order valence-corrected chi connectivity index (χ1v) is 7.63. The third-order valence-corrected chi connectivity index (χ3v) is 4.55. The van der Waals surface area contributed by atoms with Crippen LogP contribution in [0.15, 0.2) is 11.4 Å². The number of aryl methyl sites for hydroxylation is 1. The second kappa shape index (κ2) is 6.04. The van der Waals surface area contributed by atoms with E-state index in [0.717, 1.165) is 16.9 Å².